The molecular formula is C18H22Cl2N4O2. The number of hydrogen-bond acceptors (Lipinski definition) is 0. The molecule has 8 heteroatoms. The van der Waals surface area contributed by atoms with Crippen LogP contribution in [0.25, 0.3) is 22.1 Å². The predicted octanol–water partition coefficient (Wildman–Crippen LogP) is -5.99. The van der Waals surface area contributed by atoms with Crippen LogP contribution in [0.2, 0.25) is 0 Å². The van der Waals surface area contributed by atoms with Gasteiger partial charge in [0.2, 0.25) is 0 Å². The number of halogens is 2. The maximum Gasteiger partial charge on any atom is 0.300 e. The first-order chi connectivity index (χ1) is 10.8. The number of para-hydroxylation sites is 4. The van der Waals surface area contributed by atoms with Crippen molar-refractivity contribution in [3.8, 4) is 0 Å². The number of fused-ring (bicyclic) bond motifs is 6. The minimum Gasteiger partial charge on any atom is -1.00 e. The van der Waals surface area contributed by atoms with E-state index >= 15 is 0 Å². The molecule has 1 aliphatic rings. The van der Waals surface area contributed by atoms with Gasteiger partial charge in [-0.1, -0.05) is 24.3 Å². The van der Waals surface area contributed by atoms with Gasteiger partial charge in [-0.25, -0.2) is 18.3 Å². The summed E-state index contributed by atoms with van der Waals surface area (Å²) in [6.07, 6.45) is 0. The molecule has 0 spiro atoms. The normalized spacial score (nSPS) is 11.5. The van der Waals surface area contributed by atoms with E-state index < -0.39 is 0 Å². The standard InChI is InChI=1S/C18H18N4.2ClH.2H2O/c1-19-13-7-3-5-9-15(13)21-12-18-20(2)14-8-4-6-10-16(14)22(18)11-17(19)21;;;;/h3-10H,11-12H2,1-2H3;2*1H;2*1H2/q+2;;;;/p-2. The van der Waals surface area contributed by atoms with Gasteiger partial charge >= 0.3 is 11.6 Å². The van der Waals surface area contributed by atoms with E-state index in [1.807, 2.05) is 0 Å². The van der Waals surface area contributed by atoms with Crippen LogP contribution in [0.3, 0.4) is 0 Å². The number of aromatic nitrogens is 4. The van der Waals surface area contributed by atoms with Crippen molar-refractivity contribution in [1.82, 2.24) is 9.13 Å². The second-order valence-corrected chi connectivity index (χ2v) is 6.10. The van der Waals surface area contributed by atoms with Crippen molar-refractivity contribution in [3.05, 3.63) is 60.2 Å². The van der Waals surface area contributed by atoms with Gasteiger partial charge < -0.3 is 35.8 Å². The van der Waals surface area contributed by atoms with Crippen LogP contribution in [0.5, 0.6) is 0 Å². The molecule has 0 aliphatic carbocycles. The smallest absolute Gasteiger partial charge is 0.300 e. The van der Waals surface area contributed by atoms with E-state index in [2.05, 4.69) is 80.9 Å². The second-order valence-electron chi connectivity index (χ2n) is 6.10. The van der Waals surface area contributed by atoms with Gasteiger partial charge in [0.05, 0.1) is 14.1 Å². The SMILES string of the molecule is C[n+]1c2n(c3ccccc31)Cc1n(c3ccccc3[n+]1C)C2.O.O.[Cl-].[Cl-]. The average molecular weight is 397 g/mol. The summed E-state index contributed by atoms with van der Waals surface area (Å²) in [4.78, 5) is 0. The third-order valence-corrected chi connectivity index (χ3v) is 5.06. The fourth-order valence-corrected chi connectivity index (χ4v) is 3.89. The van der Waals surface area contributed by atoms with E-state index in [0.717, 1.165) is 13.1 Å². The van der Waals surface area contributed by atoms with Crippen LogP contribution < -0.4 is 33.9 Å². The Morgan fingerprint density at radius 2 is 1.00 bits per heavy atom. The van der Waals surface area contributed by atoms with E-state index in [-0.39, 0.29) is 35.8 Å². The van der Waals surface area contributed by atoms with Crippen molar-refractivity contribution >= 4 is 22.1 Å². The second kappa shape index (κ2) is 7.63. The monoisotopic (exact) mass is 396 g/mol. The topological polar surface area (TPSA) is 80.6 Å². The van der Waals surface area contributed by atoms with Gasteiger partial charge in [0.1, 0.15) is 0 Å². The maximum atomic E-state index is 2.45. The number of benzene rings is 2. The quantitative estimate of drug-likeness (QED) is 0.233. The van der Waals surface area contributed by atoms with Gasteiger partial charge in [-0.05, 0) is 24.3 Å². The first-order valence-electron chi connectivity index (χ1n) is 7.68. The van der Waals surface area contributed by atoms with Crippen molar-refractivity contribution in [2.75, 3.05) is 0 Å². The fraction of sp³-hybridized carbons (Fsp3) is 0.222. The zero-order chi connectivity index (χ0) is 14.8. The molecule has 2 aromatic heterocycles. The Labute approximate surface area is 163 Å². The largest absolute Gasteiger partial charge is 1.00 e. The molecule has 3 heterocycles. The molecule has 0 saturated carbocycles. The Morgan fingerprint density at radius 3 is 1.38 bits per heavy atom. The number of imidazole rings is 2. The summed E-state index contributed by atoms with van der Waals surface area (Å²) >= 11 is 0. The number of rotatable bonds is 0. The maximum absolute atomic E-state index is 2.45. The fourth-order valence-electron chi connectivity index (χ4n) is 3.89. The van der Waals surface area contributed by atoms with E-state index in [1.165, 1.54) is 33.7 Å². The minimum absolute atomic E-state index is 0. The lowest BCUT2D eigenvalue weighted by Crippen LogP contribution is -3.00. The predicted molar refractivity (Wildman–Crippen MR) is 91.7 cm³/mol. The van der Waals surface area contributed by atoms with Crippen LogP contribution in [-0.2, 0) is 27.2 Å². The van der Waals surface area contributed by atoms with E-state index in [4.69, 9.17) is 0 Å². The third-order valence-electron chi connectivity index (χ3n) is 5.06. The molecule has 0 unspecified atom stereocenters. The summed E-state index contributed by atoms with van der Waals surface area (Å²) in [6, 6.07) is 17.3. The third kappa shape index (κ3) is 2.66. The van der Waals surface area contributed by atoms with Crippen LogP contribution in [0, 0.1) is 0 Å². The molecule has 1 aliphatic heterocycles. The molecule has 26 heavy (non-hydrogen) atoms. The van der Waals surface area contributed by atoms with Crippen molar-refractivity contribution in [2.24, 2.45) is 14.1 Å². The molecule has 5 rings (SSSR count). The first kappa shape index (κ1) is 21.9. The van der Waals surface area contributed by atoms with Crippen LogP contribution in [0.15, 0.2) is 48.5 Å². The lowest BCUT2D eigenvalue weighted by molar-refractivity contribution is -0.662. The highest BCUT2D eigenvalue weighted by molar-refractivity contribution is 5.74. The Bertz CT molecular complexity index is 986. The van der Waals surface area contributed by atoms with E-state index in [1.54, 1.807) is 0 Å². The van der Waals surface area contributed by atoms with Gasteiger partial charge in [0.25, 0.3) is 0 Å². The molecule has 4 aromatic rings. The van der Waals surface area contributed by atoms with Gasteiger partial charge in [0, 0.05) is 0 Å². The lowest BCUT2D eigenvalue weighted by atomic mass is 10.3. The van der Waals surface area contributed by atoms with Gasteiger partial charge in [0.15, 0.2) is 35.2 Å². The molecule has 0 saturated heterocycles. The lowest BCUT2D eigenvalue weighted by Gasteiger charge is -2.08. The number of aryl methyl sites for hydroxylation is 2. The Hall–Kier alpha value is -2.12. The Kier molecular flexibility index (Phi) is 6.44. The Balaban J connectivity index is 0.000000845. The summed E-state index contributed by atoms with van der Waals surface area (Å²) in [5, 5.41) is 0. The van der Waals surface area contributed by atoms with Gasteiger partial charge in [-0.15, -0.1) is 0 Å². The van der Waals surface area contributed by atoms with E-state index in [9.17, 15) is 0 Å². The summed E-state index contributed by atoms with van der Waals surface area (Å²) in [5.41, 5.74) is 5.23. The Morgan fingerprint density at radius 1 is 0.654 bits per heavy atom. The highest BCUT2D eigenvalue weighted by Crippen LogP contribution is 2.24. The average Bonchev–Trinajstić information content (AvgIpc) is 3.01. The number of nitrogens with zero attached hydrogens (tertiary/aromatic N) is 4. The highest BCUT2D eigenvalue weighted by Gasteiger charge is 2.36. The van der Waals surface area contributed by atoms with Crippen LogP contribution in [-0.4, -0.2) is 20.1 Å². The van der Waals surface area contributed by atoms with E-state index in [0.29, 0.717) is 0 Å². The van der Waals surface area contributed by atoms with Crippen LogP contribution in [0.1, 0.15) is 11.6 Å². The molecule has 6 nitrogen and oxygen atoms in total. The summed E-state index contributed by atoms with van der Waals surface area (Å²) < 4.78 is 9.55. The highest BCUT2D eigenvalue weighted by atomic mass is 35.5. The van der Waals surface area contributed by atoms with Crippen LogP contribution in [0.4, 0.5) is 0 Å². The van der Waals surface area contributed by atoms with Crippen molar-refractivity contribution < 1.29 is 44.9 Å². The molecule has 0 bridgehead atoms. The van der Waals surface area contributed by atoms with Crippen LogP contribution >= 0.6 is 0 Å². The molecule has 140 valence electrons. The van der Waals surface area contributed by atoms with Crippen molar-refractivity contribution in [3.63, 3.8) is 0 Å². The molecule has 4 N–H and O–H groups in total. The zero-order valence-corrected chi connectivity index (χ0v) is 16.1. The summed E-state index contributed by atoms with van der Waals surface area (Å²) in [5.74, 6) is 2.71. The summed E-state index contributed by atoms with van der Waals surface area (Å²) in [7, 11) is 4.34. The zero-order valence-electron chi connectivity index (χ0n) is 14.6. The summed E-state index contributed by atoms with van der Waals surface area (Å²) in [6.45, 7) is 1.84. The van der Waals surface area contributed by atoms with Gasteiger partial charge in [-0.3, -0.25) is 0 Å². The van der Waals surface area contributed by atoms with Crippen molar-refractivity contribution in [2.45, 2.75) is 13.1 Å². The number of hydrogen-bond donors (Lipinski definition) is 0. The minimum atomic E-state index is 0. The molecule has 0 amide bonds. The first-order valence-corrected chi connectivity index (χ1v) is 7.68. The van der Waals surface area contributed by atoms with Gasteiger partial charge in [-0.2, -0.15) is 0 Å². The molecule has 0 atom stereocenters. The molecule has 0 radical (unpaired) electrons. The molecular weight excluding hydrogens is 375 g/mol. The van der Waals surface area contributed by atoms with Crippen molar-refractivity contribution in [1.29, 1.82) is 0 Å². The molecule has 2 aromatic carbocycles. The molecule has 0 fully saturated rings.